The molecule has 2 aliphatic heterocycles. The lowest BCUT2D eigenvalue weighted by Crippen LogP contribution is -2.42. The molecule has 9 heteroatoms. The van der Waals surface area contributed by atoms with Crippen molar-refractivity contribution in [1.82, 2.24) is 20.3 Å². The summed E-state index contributed by atoms with van der Waals surface area (Å²) in [6.07, 6.45) is 5.52. The summed E-state index contributed by atoms with van der Waals surface area (Å²) in [5, 5.41) is 17.1. The van der Waals surface area contributed by atoms with E-state index in [-0.39, 0.29) is 19.6 Å². The Labute approximate surface area is 214 Å². The molecule has 0 amide bonds. The van der Waals surface area contributed by atoms with E-state index in [1.165, 1.54) is 5.69 Å². The average molecular weight is 497 g/mol. The van der Waals surface area contributed by atoms with E-state index in [2.05, 4.69) is 49.8 Å². The molecular weight excluding hydrogens is 460 g/mol. The average Bonchev–Trinajstić information content (AvgIpc) is 2.87. The summed E-state index contributed by atoms with van der Waals surface area (Å²) in [5.74, 6) is 1.08. The van der Waals surface area contributed by atoms with Crippen LogP contribution >= 0.6 is 13.5 Å². The summed E-state index contributed by atoms with van der Waals surface area (Å²) in [5.41, 5.74) is 4.09. The summed E-state index contributed by atoms with van der Waals surface area (Å²) in [6, 6.07) is 10.6. The zero-order chi connectivity index (χ0) is 23.5. The standard InChI is InChI=1S/C26H34N6O2.H2S/c1-26(2,33)19-7-12-32(13-8-19)20-5-3-18(4-6-20)22-15-23-24(29-10-9-28-23)25(31-22)30-17-21-16-27-11-14-34-21;/h3-6,9-10,15,19,21,27,33H,7-8,11-14,16-17H2,1-2H3,(H,30,31);1H2/t21-;/m0./s1. The maximum Gasteiger partial charge on any atom is 0.154 e. The number of piperidine rings is 1. The van der Waals surface area contributed by atoms with Crippen LogP contribution in [0, 0.1) is 5.92 Å². The molecule has 2 fully saturated rings. The topological polar surface area (TPSA) is 95.4 Å². The van der Waals surface area contributed by atoms with E-state index in [0.717, 1.165) is 73.7 Å². The quantitative estimate of drug-likeness (QED) is 0.479. The van der Waals surface area contributed by atoms with Gasteiger partial charge >= 0.3 is 0 Å². The largest absolute Gasteiger partial charge is 0.390 e. The number of morpholine rings is 1. The van der Waals surface area contributed by atoms with Crippen molar-refractivity contribution in [2.45, 2.75) is 38.4 Å². The van der Waals surface area contributed by atoms with Crippen molar-refractivity contribution in [3.05, 3.63) is 42.7 Å². The third-order valence-electron chi connectivity index (χ3n) is 6.98. The number of anilines is 2. The number of rotatable bonds is 6. The van der Waals surface area contributed by atoms with Crippen molar-refractivity contribution in [2.24, 2.45) is 5.92 Å². The molecule has 0 spiro atoms. The minimum atomic E-state index is -0.605. The van der Waals surface area contributed by atoms with Crippen molar-refractivity contribution >= 4 is 36.0 Å². The van der Waals surface area contributed by atoms with E-state index in [1.807, 2.05) is 19.9 Å². The van der Waals surface area contributed by atoms with Crippen molar-refractivity contribution in [3.63, 3.8) is 0 Å². The van der Waals surface area contributed by atoms with Crippen molar-refractivity contribution in [2.75, 3.05) is 49.5 Å². The first-order chi connectivity index (χ1) is 16.5. The number of ether oxygens (including phenoxy) is 1. The number of benzene rings is 1. The zero-order valence-corrected chi connectivity index (χ0v) is 21.5. The Morgan fingerprint density at radius 2 is 1.89 bits per heavy atom. The minimum Gasteiger partial charge on any atom is -0.390 e. The molecule has 5 rings (SSSR count). The fourth-order valence-electron chi connectivity index (χ4n) is 4.89. The van der Waals surface area contributed by atoms with Gasteiger partial charge in [-0.25, -0.2) is 9.97 Å². The van der Waals surface area contributed by atoms with Gasteiger partial charge in [0.15, 0.2) is 5.82 Å². The van der Waals surface area contributed by atoms with Crippen LogP contribution in [-0.2, 0) is 4.74 Å². The second-order valence-electron chi connectivity index (χ2n) is 9.82. The molecule has 3 N–H and O–H groups in total. The molecule has 0 aliphatic carbocycles. The maximum absolute atomic E-state index is 10.3. The second-order valence-corrected chi connectivity index (χ2v) is 9.82. The molecule has 0 bridgehead atoms. The molecule has 2 aromatic heterocycles. The molecule has 35 heavy (non-hydrogen) atoms. The van der Waals surface area contributed by atoms with Crippen LogP contribution in [0.1, 0.15) is 26.7 Å². The summed E-state index contributed by atoms with van der Waals surface area (Å²) < 4.78 is 5.82. The molecule has 1 aromatic carbocycles. The maximum atomic E-state index is 10.3. The Morgan fingerprint density at radius 1 is 1.14 bits per heavy atom. The van der Waals surface area contributed by atoms with Crippen LogP contribution in [-0.4, -0.2) is 71.1 Å². The van der Waals surface area contributed by atoms with Gasteiger partial charge in [-0.3, -0.25) is 4.98 Å². The molecule has 0 saturated carbocycles. The van der Waals surface area contributed by atoms with E-state index in [9.17, 15) is 5.11 Å². The lowest BCUT2D eigenvalue weighted by Gasteiger charge is -2.38. The first kappa shape index (κ1) is 25.6. The van der Waals surface area contributed by atoms with Gasteiger partial charge in [0.25, 0.3) is 0 Å². The van der Waals surface area contributed by atoms with Gasteiger partial charge in [-0.05, 0) is 50.8 Å². The number of nitrogens with zero attached hydrogens (tertiary/aromatic N) is 4. The number of hydrogen-bond acceptors (Lipinski definition) is 8. The van der Waals surface area contributed by atoms with Gasteiger partial charge in [0.1, 0.15) is 5.52 Å². The molecule has 2 aliphatic rings. The first-order valence-electron chi connectivity index (χ1n) is 12.2. The van der Waals surface area contributed by atoms with Gasteiger partial charge in [0.2, 0.25) is 0 Å². The monoisotopic (exact) mass is 496 g/mol. The lowest BCUT2D eigenvalue weighted by molar-refractivity contribution is 0.00651. The van der Waals surface area contributed by atoms with Crippen LogP contribution in [0.25, 0.3) is 22.3 Å². The Balaban J connectivity index is 0.00000289. The van der Waals surface area contributed by atoms with Crippen molar-refractivity contribution in [3.8, 4) is 11.3 Å². The lowest BCUT2D eigenvalue weighted by atomic mass is 9.83. The van der Waals surface area contributed by atoms with Gasteiger partial charge in [-0.15, -0.1) is 0 Å². The summed E-state index contributed by atoms with van der Waals surface area (Å²) in [7, 11) is 0. The van der Waals surface area contributed by atoms with Crippen LogP contribution in [0.2, 0.25) is 0 Å². The number of aliphatic hydroxyl groups is 1. The van der Waals surface area contributed by atoms with Crippen LogP contribution in [0.3, 0.4) is 0 Å². The first-order valence-corrected chi connectivity index (χ1v) is 12.2. The molecule has 4 heterocycles. The van der Waals surface area contributed by atoms with Crippen LogP contribution in [0.4, 0.5) is 11.5 Å². The zero-order valence-electron chi connectivity index (χ0n) is 20.5. The van der Waals surface area contributed by atoms with E-state index >= 15 is 0 Å². The fourth-order valence-corrected chi connectivity index (χ4v) is 4.89. The Morgan fingerprint density at radius 3 is 2.57 bits per heavy atom. The SMILES string of the molecule is CC(C)(O)C1CCN(c2ccc(-c3cc4nccnc4c(NC[C@@H]4CNCCO4)n3)cc2)CC1.S. The highest BCUT2D eigenvalue weighted by Crippen LogP contribution is 2.32. The number of fused-ring (bicyclic) bond motifs is 1. The number of aromatic nitrogens is 3. The highest BCUT2D eigenvalue weighted by atomic mass is 32.1. The molecule has 8 nitrogen and oxygen atoms in total. The molecule has 3 aromatic rings. The molecule has 2 saturated heterocycles. The number of nitrogens with one attached hydrogen (secondary N) is 2. The third kappa shape index (κ3) is 6.03. The summed E-state index contributed by atoms with van der Waals surface area (Å²) in [6.45, 7) is 8.87. The second kappa shape index (κ2) is 11.1. The van der Waals surface area contributed by atoms with E-state index in [1.54, 1.807) is 12.4 Å². The fraction of sp³-hybridized carbons (Fsp3) is 0.500. The predicted octanol–water partition coefficient (Wildman–Crippen LogP) is 3.19. The van der Waals surface area contributed by atoms with Crippen molar-refractivity contribution < 1.29 is 9.84 Å². The van der Waals surface area contributed by atoms with E-state index in [4.69, 9.17) is 9.72 Å². The highest BCUT2D eigenvalue weighted by Gasteiger charge is 2.30. The van der Waals surface area contributed by atoms with Gasteiger partial charge in [-0.2, -0.15) is 13.5 Å². The smallest absolute Gasteiger partial charge is 0.154 e. The summed E-state index contributed by atoms with van der Waals surface area (Å²) in [4.78, 5) is 16.3. The number of hydrogen-bond donors (Lipinski definition) is 3. The Bertz CT molecular complexity index is 1110. The van der Waals surface area contributed by atoms with Gasteiger partial charge in [0, 0.05) is 56.4 Å². The molecular formula is C26H36N6O2S. The number of pyridine rings is 1. The Kier molecular flexibility index (Phi) is 8.11. The van der Waals surface area contributed by atoms with E-state index < -0.39 is 5.60 Å². The molecule has 0 radical (unpaired) electrons. The highest BCUT2D eigenvalue weighted by molar-refractivity contribution is 7.59. The van der Waals surface area contributed by atoms with E-state index in [0.29, 0.717) is 12.5 Å². The van der Waals surface area contributed by atoms with Crippen LogP contribution < -0.4 is 15.5 Å². The molecule has 0 unspecified atom stereocenters. The van der Waals surface area contributed by atoms with Gasteiger partial charge in [0.05, 0.1) is 29.5 Å². The normalized spacial score (nSPS) is 19.4. The van der Waals surface area contributed by atoms with Crippen LogP contribution in [0.5, 0.6) is 0 Å². The van der Waals surface area contributed by atoms with Gasteiger partial charge in [-0.1, -0.05) is 12.1 Å². The van der Waals surface area contributed by atoms with Crippen molar-refractivity contribution in [1.29, 1.82) is 0 Å². The minimum absolute atomic E-state index is 0. The molecule has 188 valence electrons. The summed E-state index contributed by atoms with van der Waals surface area (Å²) >= 11 is 0. The third-order valence-corrected chi connectivity index (χ3v) is 6.98. The molecule has 1 atom stereocenters. The predicted molar refractivity (Wildman–Crippen MR) is 145 cm³/mol. The Hall–Kier alpha value is -2.46. The van der Waals surface area contributed by atoms with Crippen LogP contribution in [0.15, 0.2) is 42.7 Å². The van der Waals surface area contributed by atoms with Gasteiger partial charge < -0.3 is 25.4 Å².